The lowest BCUT2D eigenvalue weighted by Gasteiger charge is -2.30. The van der Waals surface area contributed by atoms with E-state index in [0.717, 1.165) is 30.4 Å². The lowest BCUT2D eigenvalue weighted by atomic mass is 9.81. The average molecular weight is 412 g/mol. The van der Waals surface area contributed by atoms with Gasteiger partial charge in [0.25, 0.3) is 0 Å². The van der Waals surface area contributed by atoms with E-state index >= 15 is 0 Å². The summed E-state index contributed by atoms with van der Waals surface area (Å²) in [4.78, 5) is 4.46. The van der Waals surface area contributed by atoms with Gasteiger partial charge < -0.3 is 10.6 Å². The summed E-state index contributed by atoms with van der Waals surface area (Å²) in [7, 11) is 0. The summed E-state index contributed by atoms with van der Waals surface area (Å²) < 4.78 is 0. The summed E-state index contributed by atoms with van der Waals surface area (Å²) in [5.74, 6) is 1.71. The number of halogens is 2. The van der Waals surface area contributed by atoms with E-state index in [0.29, 0.717) is 16.9 Å². The van der Waals surface area contributed by atoms with Gasteiger partial charge in [-0.1, -0.05) is 65.7 Å². The van der Waals surface area contributed by atoms with Crippen LogP contribution in [0.4, 0.5) is 5.82 Å². The molecule has 2 N–H and O–H groups in total. The van der Waals surface area contributed by atoms with Crippen molar-refractivity contribution in [2.24, 2.45) is 5.92 Å². The van der Waals surface area contributed by atoms with Gasteiger partial charge >= 0.3 is 0 Å². The molecule has 2 unspecified atom stereocenters. The molecule has 2 heterocycles. The molecule has 1 aliphatic heterocycles. The van der Waals surface area contributed by atoms with Crippen molar-refractivity contribution in [2.75, 3.05) is 18.4 Å². The highest BCUT2D eigenvalue weighted by Crippen LogP contribution is 2.33. The number of pyridine rings is 1. The van der Waals surface area contributed by atoms with E-state index in [-0.39, 0.29) is 6.04 Å². The predicted octanol–water partition coefficient (Wildman–Crippen LogP) is 5.41. The third-order valence-corrected chi connectivity index (χ3v) is 5.91. The Bertz CT molecular complexity index is 882. The molecular weight excluding hydrogens is 389 g/mol. The molecule has 3 nitrogen and oxygen atoms in total. The van der Waals surface area contributed by atoms with Crippen LogP contribution in [0.15, 0.2) is 72.9 Å². The van der Waals surface area contributed by atoms with Gasteiger partial charge in [0.1, 0.15) is 5.82 Å². The Balaban J connectivity index is 1.61. The van der Waals surface area contributed by atoms with Crippen molar-refractivity contribution in [1.29, 1.82) is 0 Å². The predicted molar refractivity (Wildman–Crippen MR) is 117 cm³/mol. The summed E-state index contributed by atoms with van der Waals surface area (Å²) in [6.07, 6.45) is 2.62. The molecule has 5 heteroatoms. The standard InChI is InChI=1S/C23H23Cl2N3/c24-18-8-6-17(7-9-18)20-14-26-15-21(20)22(12-16-4-2-1-3-5-16)28-23-11-10-19(25)13-27-23/h1-11,13,20-22,26H,12,14-15H2,(H,27,28)/t20?,21?,22-/m0/s1. The highest BCUT2D eigenvalue weighted by Gasteiger charge is 2.35. The molecule has 1 fully saturated rings. The Labute approximate surface area is 176 Å². The molecule has 3 aromatic rings. The Hall–Kier alpha value is -2.07. The quantitative estimate of drug-likeness (QED) is 0.568. The van der Waals surface area contributed by atoms with Crippen LogP contribution in [0.2, 0.25) is 10.0 Å². The van der Waals surface area contributed by atoms with Crippen LogP contribution in [-0.4, -0.2) is 24.1 Å². The molecule has 1 aliphatic rings. The maximum absolute atomic E-state index is 6.10. The Morgan fingerprint density at radius 2 is 1.68 bits per heavy atom. The van der Waals surface area contributed by atoms with Crippen LogP contribution in [0.5, 0.6) is 0 Å². The van der Waals surface area contributed by atoms with Gasteiger partial charge in [0.05, 0.1) is 5.02 Å². The van der Waals surface area contributed by atoms with Crippen molar-refractivity contribution < 1.29 is 0 Å². The zero-order valence-electron chi connectivity index (χ0n) is 15.5. The van der Waals surface area contributed by atoms with E-state index in [1.54, 1.807) is 6.20 Å². The zero-order valence-corrected chi connectivity index (χ0v) is 17.0. The molecule has 1 saturated heterocycles. The van der Waals surface area contributed by atoms with Gasteiger partial charge in [0, 0.05) is 36.3 Å². The summed E-state index contributed by atoms with van der Waals surface area (Å²) in [5.41, 5.74) is 2.64. The number of anilines is 1. The van der Waals surface area contributed by atoms with Crippen molar-refractivity contribution >= 4 is 29.0 Å². The third-order valence-electron chi connectivity index (χ3n) is 5.44. The highest BCUT2D eigenvalue weighted by atomic mass is 35.5. The van der Waals surface area contributed by atoms with E-state index in [4.69, 9.17) is 23.2 Å². The van der Waals surface area contributed by atoms with Crippen molar-refractivity contribution in [3.8, 4) is 0 Å². The number of hydrogen-bond acceptors (Lipinski definition) is 3. The molecule has 0 aliphatic carbocycles. The number of rotatable bonds is 6. The summed E-state index contributed by atoms with van der Waals surface area (Å²) in [5, 5.41) is 8.67. The molecule has 1 aromatic heterocycles. The molecular formula is C23H23Cl2N3. The Morgan fingerprint density at radius 3 is 2.39 bits per heavy atom. The number of aromatic nitrogens is 1. The van der Waals surface area contributed by atoms with Crippen molar-refractivity contribution in [3.63, 3.8) is 0 Å². The minimum Gasteiger partial charge on any atom is -0.367 e. The minimum atomic E-state index is 0.242. The number of benzene rings is 2. The number of nitrogens with zero attached hydrogens (tertiary/aromatic N) is 1. The van der Waals surface area contributed by atoms with Gasteiger partial charge in [-0.3, -0.25) is 0 Å². The third kappa shape index (κ3) is 4.67. The molecule has 144 valence electrons. The normalized spacial score (nSPS) is 20.1. The number of hydrogen-bond donors (Lipinski definition) is 2. The van der Waals surface area contributed by atoms with Crippen LogP contribution in [0, 0.1) is 5.92 Å². The topological polar surface area (TPSA) is 37.0 Å². The van der Waals surface area contributed by atoms with Gasteiger partial charge in [-0.15, -0.1) is 0 Å². The lowest BCUT2D eigenvalue weighted by molar-refractivity contribution is 0.434. The van der Waals surface area contributed by atoms with E-state index < -0.39 is 0 Å². The minimum absolute atomic E-state index is 0.242. The molecule has 0 spiro atoms. The summed E-state index contributed by atoms with van der Waals surface area (Å²) in [6, 6.07) is 22.9. The molecule has 2 aromatic carbocycles. The van der Waals surface area contributed by atoms with Gasteiger partial charge in [-0.25, -0.2) is 4.98 Å². The SMILES string of the molecule is Clc1ccc(C2CNCC2[C@H](Cc2ccccc2)Nc2ccc(Cl)cn2)cc1. The second kappa shape index (κ2) is 8.95. The zero-order chi connectivity index (χ0) is 19.3. The molecule has 28 heavy (non-hydrogen) atoms. The van der Waals surface area contributed by atoms with Crippen LogP contribution in [0.25, 0.3) is 0 Å². The largest absolute Gasteiger partial charge is 0.367 e. The van der Waals surface area contributed by atoms with Crippen molar-refractivity contribution in [1.82, 2.24) is 10.3 Å². The average Bonchev–Trinajstić information content (AvgIpc) is 3.20. The maximum Gasteiger partial charge on any atom is 0.126 e. The smallest absolute Gasteiger partial charge is 0.126 e. The van der Waals surface area contributed by atoms with Gasteiger partial charge in [0.15, 0.2) is 0 Å². The first-order valence-electron chi connectivity index (χ1n) is 9.57. The number of nitrogens with one attached hydrogen (secondary N) is 2. The maximum atomic E-state index is 6.10. The van der Waals surface area contributed by atoms with E-state index in [1.807, 2.05) is 24.3 Å². The van der Waals surface area contributed by atoms with E-state index in [2.05, 4.69) is 58.1 Å². The van der Waals surface area contributed by atoms with Crippen LogP contribution in [0.3, 0.4) is 0 Å². The van der Waals surface area contributed by atoms with Crippen LogP contribution in [0.1, 0.15) is 17.0 Å². The fourth-order valence-electron chi connectivity index (χ4n) is 4.03. The Morgan fingerprint density at radius 1 is 0.929 bits per heavy atom. The first kappa shape index (κ1) is 19.3. The van der Waals surface area contributed by atoms with E-state index in [1.165, 1.54) is 11.1 Å². The second-order valence-corrected chi connectivity index (χ2v) is 8.16. The van der Waals surface area contributed by atoms with Gasteiger partial charge in [-0.05, 0) is 47.7 Å². The monoisotopic (exact) mass is 411 g/mol. The molecule has 0 bridgehead atoms. The van der Waals surface area contributed by atoms with Crippen molar-refractivity contribution in [2.45, 2.75) is 18.4 Å². The molecule has 0 amide bonds. The molecule has 0 saturated carbocycles. The van der Waals surface area contributed by atoms with Crippen molar-refractivity contribution in [3.05, 3.63) is 94.1 Å². The van der Waals surface area contributed by atoms with Gasteiger partial charge in [0.2, 0.25) is 0 Å². The van der Waals surface area contributed by atoms with Crippen LogP contribution in [-0.2, 0) is 6.42 Å². The van der Waals surface area contributed by atoms with Gasteiger partial charge in [-0.2, -0.15) is 0 Å². The molecule has 3 atom stereocenters. The van der Waals surface area contributed by atoms with E-state index in [9.17, 15) is 0 Å². The van der Waals surface area contributed by atoms with Crippen LogP contribution < -0.4 is 10.6 Å². The lowest BCUT2D eigenvalue weighted by Crippen LogP contribution is -2.35. The second-order valence-electron chi connectivity index (χ2n) is 7.28. The first-order valence-corrected chi connectivity index (χ1v) is 10.3. The molecule has 0 radical (unpaired) electrons. The highest BCUT2D eigenvalue weighted by molar-refractivity contribution is 6.30. The first-order chi connectivity index (χ1) is 13.7. The van der Waals surface area contributed by atoms with Crippen LogP contribution >= 0.6 is 23.2 Å². The summed E-state index contributed by atoms with van der Waals surface area (Å²) >= 11 is 12.1. The molecule has 4 rings (SSSR count). The fourth-order valence-corrected chi connectivity index (χ4v) is 4.26. The fraction of sp³-hybridized carbons (Fsp3) is 0.261. The summed E-state index contributed by atoms with van der Waals surface area (Å²) in [6.45, 7) is 1.93. The Kier molecular flexibility index (Phi) is 6.16.